The molecule has 224 valence electrons. The first kappa shape index (κ1) is 29.5. The molecule has 0 radical (unpaired) electrons. The Labute approximate surface area is 248 Å². The highest BCUT2D eigenvalue weighted by atomic mass is 35.5. The van der Waals surface area contributed by atoms with Gasteiger partial charge in [0.15, 0.2) is 0 Å². The van der Waals surface area contributed by atoms with Gasteiger partial charge in [-0.1, -0.05) is 18.5 Å². The molecule has 5 rings (SSSR count). The van der Waals surface area contributed by atoms with Crippen LogP contribution in [0.4, 0.5) is 32.6 Å². The standard InChI is InChI=1S/C28H35ClFN9O3/c1-4-36-10-12-37(13-11-36)24-16-23(32-25-14-18(3)35-39(25)28(41)42-5-2)33-27(34-24)31-20-8-9-38(17-20)26(40)21-7-6-19(29)15-22(21)30/h6-7,14-16,20H,4-5,8-13,17H2,1-3H3,(H2,31,32,33,34)/t20-/m0/s1. The lowest BCUT2D eigenvalue weighted by atomic mass is 10.2. The average molecular weight is 600 g/mol. The number of hydrogen-bond donors (Lipinski definition) is 2. The third-order valence-corrected chi connectivity index (χ3v) is 7.59. The van der Waals surface area contributed by atoms with Crippen LogP contribution in [0.25, 0.3) is 0 Å². The Bertz CT molecular complexity index is 1440. The van der Waals surface area contributed by atoms with Gasteiger partial charge in [-0.15, -0.1) is 4.68 Å². The molecule has 0 bridgehead atoms. The van der Waals surface area contributed by atoms with Gasteiger partial charge in [0.25, 0.3) is 5.91 Å². The number of aryl methyl sites for hydroxylation is 1. The number of aromatic nitrogens is 4. The second-order valence-electron chi connectivity index (χ2n) is 10.3. The van der Waals surface area contributed by atoms with Gasteiger partial charge < -0.3 is 30.1 Å². The topological polar surface area (TPSA) is 121 Å². The van der Waals surface area contributed by atoms with Crippen LogP contribution in [0.15, 0.2) is 30.3 Å². The maximum absolute atomic E-state index is 14.4. The summed E-state index contributed by atoms with van der Waals surface area (Å²) in [5.41, 5.74) is 0.631. The molecule has 1 amide bonds. The van der Waals surface area contributed by atoms with Gasteiger partial charge in [-0.2, -0.15) is 15.1 Å². The first-order valence-electron chi connectivity index (χ1n) is 14.1. The second kappa shape index (κ2) is 12.9. The zero-order valence-electron chi connectivity index (χ0n) is 23.9. The number of amides is 1. The summed E-state index contributed by atoms with van der Waals surface area (Å²) in [5, 5.41) is 11.1. The van der Waals surface area contributed by atoms with E-state index in [2.05, 4.69) is 37.4 Å². The Kier molecular flexibility index (Phi) is 9.07. The van der Waals surface area contributed by atoms with E-state index in [-0.39, 0.29) is 29.1 Å². The van der Waals surface area contributed by atoms with E-state index in [9.17, 15) is 14.0 Å². The highest BCUT2D eigenvalue weighted by Crippen LogP contribution is 2.26. The van der Waals surface area contributed by atoms with Crippen molar-refractivity contribution >= 4 is 47.0 Å². The minimum Gasteiger partial charge on any atom is -0.448 e. The van der Waals surface area contributed by atoms with E-state index in [1.165, 1.54) is 16.8 Å². The fourth-order valence-electron chi connectivity index (χ4n) is 5.14. The highest BCUT2D eigenvalue weighted by molar-refractivity contribution is 6.30. The van der Waals surface area contributed by atoms with Crippen LogP contribution in [0.3, 0.4) is 0 Å². The van der Waals surface area contributed by atoms with Crippen molar-refractivity contribution in [3.8, 4) is 0 Å². The fourth-order valence-corrected chi connectivity index (χ4v) is 5.30. The van der Waals surface area contributed by atoms with Crippen LogP contribution in [0.1, 0.15) is 36.3 Å². The van der Waals surface area contributed by atoms with E-state index in [1.807, 2.05) is 6.07 Å². The summed E-state index contributed by atoms with van der Waals surface area (Å²) in [4.78, 5) is 41.2. The van der Waals surface area contributed by atoms with E-state index in [0.29, 0.717) is 42.8 Å². The van der Waals surface area contributed by atoms with Crippen LogP contribution in [0.2, 0.25) is 5.02 Å². The molecule has 2 saturated heterocycles. The van der Waals surface area contributed by atoms with Gasteiger partial charge in [0.2, 0.25) is 5.95 Å². The van der Waals surface area contributed by atoms with Crippen LogP contribution in [-0.2, 0) is 4.74 Å². The lowest BCUT2D eigenvalue weighted by Crippen LogP contribution is -2.46. The molecule has 1 aromatic carbocycles. The monoisotopic (exact) mass is 599 g/mol. The number of halogens is 2. The Balaban J connectivity index is 1.36. The van der Waals surface area contributed by atoms with Crippen molar-refractivity contribution in [2.24, 2.45) is 0 Å². The molecule has 0 saturated carbocycles. The van der Waals surface area contributed by atoms with Gasteiger partial charge in [-0.05, 0) is 45.0 Å². The van der Waals surface area contributed by atoms with Crippen LogP contribution in [0, 0.1) is 12.7 Å². The number of rotatable bonds is 8. The summed E-state index contributed by atoms with van der Waals surface area (Å²) in [6.45, 7) is 11.2. The summed E-state index contributed by atoms with van der Waals surface area (Å²) in [6, 6.07) is 7.50. The number of anilines is 4. The number of carbonyl (C=O) groups is 2. The van der Waals surface area contributed by atoms with Crippen molar-refractivity contribution in [3.63, 3.8) is 0 Å². The third-order valence-electron chi connectivity index (χ3n) is 7.35. The number of likely N-dealkylation sites (N-methyl/N-ethyl adjacent to an activating group) is 1. The summed E-state index contributed by atoms with van der Waals surface area (Å²) < 4.78 is 20.7. The van der Waals surface area contributed by atoms with E-state index < -0.39 is 11.9 Å². The molecule has 2 fully saturated rings. The molecule has 2 N–H and O–H groups in total. The van der Waals surface area contributed by atoms with Gasteiger partial charge in [-0.3, -0.25) is 4.79 Å². The van der Waals surface area contributed by atoms with Gasteiger partial charge in [-0.25, -0.2) is 9.18 Å². The molecule has 3 aromatic rings. The van der Waals surface area contributed by atoms with Gasteiger partial charge in [0.1, 0.15) is 23.3 Å². The summed E-state index contributed by atoms with van der Waals surface area (Å²) in [5.74, 6) is 0.973. The zero-order valence-corrected chi connectivity index (χ0v) is 24.7. The van der Waals surface area contributed by atoms with Crippen molar-refractivity contribution < 1.29 is 18.7 Å². The summed E-state index contributed by atoms with van der Waals surface area (Å²) >= 11 is 5.85. The molecule has 2 aromatic heterocycles. The predicted octanol–water partition coefficient (Wildman–Crippen LogP) is 3.99. The molecule has 4 heterocycles. The largest absolute Gasteiger partial charge is 0.448 e. The maximum atomic E-state index is 14.4. The number of ether oxygens (including phenoxy) is 1. The van der Waals surface area contributed by atoms with Crippen molar-refractivity contribution in [3.05, 3.63) is 52.4 Å². The van der Waals surface area contributed by atoms with E-state index in [1.54, 1.807) is 24.8 Å². The normalized spacial score (nSPS) is 17.4. The molecule has 0 spiro atoms. The number of nitrogens with zero attached hydrogens (tertiary/aromatic N) is 7. The van der Waals surface area contributed by atoms with Gasteiger partial charge in [0.05, 0.1) is 17.9 Å². The smallest absolute Gasteiger partial charge is 0.436 e. The maximum Gasteiger partial charge on any atom is 0.436 e. The van der Waals surface area contributed by atoms with Crippen LogP contribution >= 0.6 is 11.6 Å². The van der Waals surface area contributed by atoms with Crippen LogP contribution < -0.4 is 15.5 Å². The van der Waals surface area contributed by atoms with Crippen molar-refractivity contribution in [1.29, 1.82) is 0 Å². The molecular formula is C28H35ClFN9O3. The van der Waals surface area contributed by atoms with Crippen molar-refractivity contribution in [2.45, 2.75) is 33.2 Å². The molecular weight excluding hydrogens is 565 g/mol. The molecule has 42 heavy (non-hydrogen) atoms. The second-order valence-corrected chi connectivity index (χ2v) is 10.7. The number of carbonyl (C=O) groups excluding carboxylic acids is 2. The van der Waals surface area contributed by atoms with Crippen LogP contribution in [-0.4, -0.2) is 100 Å². The molecule has 0 unspecified atom stereocenters. The highest BCUT2D eigenvalue weighted by Gasteiger charge is 2.29. The Morgan fingerprint density at radius 1 is 1.10 bits per heavy atom. The minimum atomic E-state index is -0.642. The quantitative estimate of drug-likeness (QED) is 0.393. The minimum absolute atomic E-state index is 0.00971. The number of benzene rings is 1. The zero-order chi connectivity index (χ0) is 29.8. The van der Waals surface area contributed by atoms with Crippen LogP contribution in [0.5, 0.6) is 0 Å². The summed E-state index contributed by atoms with van der Waals surface area (Å²) in [7, 11) is 0. The lowest BCUT2D eigenvalue weighted by Gasteiger charge is -2.35. The van der Waals surface area contributed by atoms with E-state index in [0.717, 1.165) is 44.6 Å². The predicted molar refractivity (Wildman–Crippen MR) is 158 cm³/mol. The fraction of sp³-hybridized carbons (Fsp3) is 0.464. The molecule has 1 atom stereocenters. The van der Waals surface area contributed by atoms with E-state index in [4.69, 9.17) is 21.3 Å². The number of piperazine rings is 1. The molecule has 2 aliphatic heterocycles. The Hall–Kier alpha value is -3.97. The van der Waals surface area contributed by atoms with Gasteiger partial charge >= 0.3 is 6.09 Å². The number of hydrogen-bond acceptors (Lipinski definition) is 10. The first-order chi connectivity index (χ1) is 20.2. The number of nitrogens with one attached hydrogen (secondary N) is 2. The Morgan fingerprint density at radius 3 is 2.60 bits per heavy atom. The van der Waals surface area contributed by atoms with Crippen molar-refractivity contribution in [1.82, 2.24) is 29.5 Å². The Morgan fingerprint density at radius 2 is 1.88 bits per heavy atom. The third kappa shape index (κ3) is 6.73. The van der Waals surface area contributed by atoms with E-state index >= 15 is 0 Å². The lowest BCUT2D eigenvalue weighted by molar-refractivity contribution is 0.0787. The molecule has 12 nitrogen and oxygen atoms in total. The van der Waals surface area contributed by atoms with Gasteiger partial charge in [0, 0.05) is 62.5 Å². The van der Waals surface area contributed by atoms with Crippen molar-refractivity contribution in [2.75, 3.05) is 68.0 Å². The summed E-state index contributed by atoms with van der Waals surface area (Å²) in [6.07, 6.45) is 0.0469. The molecule has 14 heteroatoms. The SMILES string of the molecule is CCOC(=O)n1nc(C)cc1Nc1cc(N2CCN(CC)CC2)nc(N[C@H]2CCN(C(=O)c3ccc(Cl)cc3F)C2)n1. The average Bonchev–Trinajstić information content (AvgIpc) is 3.59. The number of likely N-dealkylation sites (tertiary alicyclic amines) is 1. The molecule has 0 aliphatic carbocycles. The molecule has 2 aliphatic rings. The first-order valence-corrected chi connectivity index (χ1v) is 14.5.